The molecule has 0 bridgehead atoms. The van der Waals surface area contributed by atoms with Gasteiger partial charge in [0.05, 0.1) is 5.52 Å². The number of carbonyl (C=O) groups excluding carboxylic acids is 2. The topological polar surface area (TPSA) is 87.0 Å². The molecule has 1 aromatic carbocycles. The molecule has 2 aromatic rings. The van der Waals surface area contributed by atoms with E-state index in [0.717, 1.165) is 10.9 Å². The predicted molar refractivity (Wildman–Crippen MR) is 70.6 cm³/mol. The Morgan fingerprint density at radius 2 is 2.00 bits per heavy atom. The van der Waals surface area contributed by atoms with E-state index in [0.29, 0.717) is 18.7 Å². The molecule has 1 aliphatic rings. The zero-order valence-corrected chi connectivity index (χ0v) is 11.0. The van der Waals surface area contributed by atoms with Gasteiger partial charge in [-0.05, 0) is 25.0 Å². The lowest BCUT2D eigenvalue weighted by molar-refractivity contribution is -0.316. The number of hydrogen-bond donors (Lipinski definition) is 1. The van der Waals surface area contributed by atoms with Crippen molar-refractivity contribution < 1.29 is 14.7 Å². The second kappa shape index (κ2) is 4.63. The Morgan fingerprint density at radius 3 is 2.65 bits per heavy atom. The molecule has 6 nitrogen and oxygen atoms in total. The molecule has 1 aromatic heterocycles. The molecule has 1 saturated carbocycles. The number of carboxylic acid groups (broad SMARTS) is 1. The second-order valence-corrected chi connectivity index (χ2v) is 5.09. The molecule has 104 valence electrons. The highest BCUT2D eigenvalue weighted by Gasteiger charge is 2.37. The van der Waals surface area contributed by atoms with E-state index in [-0.39, 0.29) is 5.91 Å². The number of carbonyl (C=O) groups is 2. The Kier molecular flexibility index (Phi) is 2.93. The highest BCUT2D eigenvalue weighted by Crippen LogP contribution is 2.35. The normalized spacial score (nSPS) is 21.4. The average Bonchev–Trinajstić information content (AvgIpc) is 2.65. The largest absolute Gasteiger partial charge is 0.550 e. The maximum atomic E-state index is 12.1. The van der Waals surface area contributed by atoms with Crippen LogP contribution in [-0.2, 0) is 16.6 Å². The smallest absolute Gasteiger partial charge is 0.229 e. The molecule has 1 aliphatic carbocycles. The zero-order valence-electron chi connectivity index (χ0n) is 11.0. The Bertz CT molecular complexity index is 692. The van der Waals surface area contributed by atoms with Crippen molar-refractivity contribution in [1.82, 2.24) is 9.78 Å². The highest BCUT2D eigenvalue weighted by atomic mass is 16.4. The number of para-hydroxylation sites is 1. The van der Waals surface area contributed by atoms with Gasteiger partial charge in [0, 0.05) is 30.2 Å². The number of nitrogens with zero attached hydrogens (tertiary/aromatic N) is 2. The number of aromatic nitrogens is 2. The van der Waals surface area contributed by atoms with Crippen LogP contribution in [0.15, 0.2) is 24.3 Å². The van der Waals surface area contributed by atoms with Crippen molar-refractivity contribution in [2.75, 3.05) is 5.32 Å². The van der Waals surface area contributed by atoms with E-state index in [9.17, 15) is 14.7 Å². The van der Waals surface area contributed by atoms with Crippen LogP contribution in [0, 0.1) is 11.8 Å². The summed E-state index contributed by atoms with van der Waals surface area (Å²) < 4.78 is 1.68. The number of hydrogen-bond acceptors (Lipinski definition) is 4. The molecule has 0 saturated heterocycles. The molecule has 0 radical (unpaired) electrons. The molecule has 1 N–H and O–H groups in total. The minimum absolute atomic E-state index is 0.297. The summed E-state index contributed by atoms with van der Waals surface area (Å²) in [5.41, 5.74) is 0.910. The number of anilines is 1. The minimum Gasteiger partial charge on any atom is -0.550 e. The van der Waals surface area contributed by atoms with Gasteiger partial charge in [-0.15, -0.1) is 0 Å². The number of aryl methyl sites for hydroxylation is 1. The first-order chi connectivity index (χ1) is 9.58. The third-order valence-corrected chi connectivity index (χ3v) is 3.91. The van der Waals surface area contributed by atoms with Crippen molar-refractivity contribution in [2.45, 2.75) is 12.8 Å². The lowest BCUT2D eigenvalue weighted by Gasteiger charge is -2.35. The molecule has 20 heavy (non-hydrogen) atoms. The third-order valence-electron chi connectivity index (χ3n) is 3.91. The van der Waals surface area contributed by atoms with Crippen molar-refractivity contribution in [3.05, 3.63) is 24.3 Å². The lowest BCUT2D eigenvalue weighted by Crippen LogP contribution is -2.46. The van der Waals surface area contributed by atoms with Crippen molar-refractivity contribution in [3.8, 4) is 0 Å². The SMILES string of the molecule is Cn1nc(NC(=O)[C@@H]2CC[C@@H]2C(=O)[O-])c2ccccc21. The van der Waals surface area contributed by atoms with Crippen molar-refractivity contribution in [2.24, 2.45) is 18.9 Å². The van der Waals surface area contributed by atoms with Crippen LogP contribution in [-0.4, -0.2) is 21.7 Å². The first kappa shape index (κ1) is 12.7. The van der Waals surface area contributed by atoms with E-state index in [1.807, 2.05) is 24.3 Å². The van der Waals surface area contributed by atoms with Crippen LogP contribution in [0.4, 0.5) is 5.82 Å². The van der Waals surface area contributed by atoms with Gasteiger partial charge in [0.15, 0.2) is 5.82 Å². The summed E-state index contributed by atoms with van der Waals surface area (Å²) in [6.45, 7) is 0. The number of benzene rings is 1. The lowest BCUT2D eigenvalue weighted by atomic mass is 9.73. The van der Waals surface area contributed by atoms with Crippen LogP contribution in [0.25, 0.3) is 10.9 Å². The van der Waals surface area contributed by atoms with Gasteiger partial charge in [0.2, 0.25) is 5.91 Å². The van der Waals surface area contributed by atoms with Crippen LogP contribution in [0.5, 0.6) is 0 Å². The Labute approximate surface area is 115 Å². The first-order valence-corrected chi connectivity index (χ1v) is 6.51. The number of rotatable bonds is 3. The molecule has 3 rings (SSSR count). The van der Waals surface area contributed by atoms with Gasteiger partial charge in [0.1, 0.15) is 0 Å². The molecule has 0 aliphatic heterocycles. The maximum absolute atomic E-state index is 12.1. The molecule has 0 spiro atoms. The van der Waals surface area contributed by atoms with Crippen LogP contribution in [0.3, 0.4) is 0 Å². The molecule has 1 heterocycles. The number of carboxylic acids is 1. The number of aliphatic carboxylic acids is 1. The summed E-state index contributed by atoms with van der Waals surface area (Å²) in [5.74, 6) is -2.17. The van der Waals surface area contributed by atoms with Gasteiger partial charge in [-0.3, -0.25) is 9.48 Å². The predicted octanol–water partition coefficient (Wildman–Crippen LogP) is 0.288. The van der Waals surface area contributed by atoms with Gasteiger partial charge < -0.3 is 15.2 Å². The van der Waals surface area contributed by atoms with E-state index < -0.39 is 17.8 Å². The van der Waals surface area contributed by atoms with E-state index in [2.05, 4.69) is 10.4 Å². The van der Waals surface area contributed by atoms with Gasteiger partial charge >= 0.3 is 0 Å². The summed E-state index contributed by atoms with van der Waals surface area (Å²) >= 11 is 0. The standard InChI is InChI=1S/C14H15N3O3/c1-17-11-5-3-2-4-10(11)12(16-17)15-13(18)8-6-7-9(8)14(19)20/h2-5,8-9H,6-7H2,1H3,(H,19,20)(H,15,16,18)/p-1/t8-,9+/m1/s1. The third kappa shape index (κ3) is 1.93. The van der Waals surface area contributed by atoms with Crippen LogP contribution >= 0.6 is 0 Å². The molecule has 1 fully saturated rings. The summed E-state index contributed by atoms with van der Waals surface area (Å²) in [4.78, 5) is 23.0. The minimum atomic E-state index is -1.15. The van der Waals surface area contributed by atoms with E-state index in [1.165, 1.54) is 0 Å². The summed E-state index contributed by atoms with van der Waals surface area (Å²) in [5, 5.41) is 18.7. The van der Waals surface area contributed by atoms with Gasteiger partial charge in [-0.2, -0.15) is 5.10 Å². The second-order valence-electron chi connectivity index (χ2n) is 5.09. The Balaban J connectivity index is 1.83. The number of amides is 1. The summed E-state index contributed by atoms with van der Waals surface area (Å²) in [7, 11) is 1.80. The van der Waals surface area contributed by atoms with Crippen LogP contribution in [0.2, 0.25) is 0 Å². The number of nitrogens with one attached hydrogen (secondary N) is 1. The van der Waals surface area contributed by atoms with Crippen LogP contribution in [0.1, 0.15) is 12.8 Å². The fourth-order valence-electron chi connectivity index (χ4n) is 2.61. The molecule has 6 heteroatoms. The first-order valence-electron chi connectivity index (χ1n) is 6.51. The Hall–Kier alpha value is -2.37. The zero-order chi connectivity index (χ0) is 14.3. The highest BCUT2D eigenvalue weighted by molar-refractivity contribution is 6.02. The van der Waals surface area contributed by atoms with E-state index in [4.69, 9.17) is 0 Å². The molecular formula is C14H14N3O3-. The van der Waals surface area contributed by atoms with Crippen molar-refractivity contribution >= 4 is 28.6 Å². The van der Waals surface area contributed by atoms with E-state index >= 15 is 0 Å². The quantitative estimate of drug-likeness (QED) is 0.869. The van der Waals surface area contributed by atoms with Crippen LogP contribution < -0.4 is 10.4 Å². The molecule has 1 amide bonds. The molecule has 0 unspecified atom stereocenters. The van der Waals surface area contributed by atoms with Gasteiger partial charge in [0.25, 0.3) is 0 Å². The molecule has 2 atom stereocenters. The maximum Gasteiger partial charge on any atom is 0.229 e. The van der Waals surface area contributed by atoms with Crippen molar-refractivity contribution in [1.29, 1.82) is 0 Å². The van der Waals surface area contributed by atoms with Gasteiger partial charge in [-0.25, -0.2) is 0 Å². The van der Waals surface area contributed by atoms with E-state index in [1.54, 1.807) is 11.7 Å². The molecular weight excluding hydrogens is 258 g/mol. The fraction of sp³-hybridized carbons (Fsp3) is 0.357. The fourth-order valence-corrected chi connectivity index (χ4v) is 2.61. The monoisotopic (exact) mass is 272 g/mol. The average molecular weight is 272 g/mol. The summed E-state index contributed by atoms with van der Waals surface area (Å²) in [6.07, 6.45) is 1.08. The summed E-state index contributed by atoms with van der Waals surface area (Å²) in [6, 6.07) is 7.54. The Morgan fingerprint density at radius 1 is 1.30 bits per heavy atom. The number of fused-ring (bicyclic) bond motifs is 1. The van der Waals surface area contributed by atoms with Crippen molar-refractivity contribution in [3.63, 3.8) is 0 Å². The van der Waals surface area contributed by atoms with Gasteiger partial charge in [-0.1, -0.05) is 12.1 Å².